The van der Waals surface area contributed by atoms with E-state index in [9.17, 15) is 0 Å². The number of aromatic nitrogens is 2. The Kier molecular flexibility index (Phi) is 4.69. The maximum absolute atomic E-state index is 2.55. The third-order valence-corrected chi connectivity index (χ3v) is 12.7. The van der Waals surface area contributed by atoms with Gasteiger partial charge < -0.3 is 8.80 Å². The van der Waals surface area contributed by atoms with Crippen LogP contribution in [0, 0.1) is 6.92 Å². The Hall–Kier alpha value is -3.82. The molecular weight excluding hydrogens is 513 g/mol. The molecule has 0 atom stereocenters. The predicted molar refractivity (Wildman–Crippen MR) is 181 cm³/mol. The van der Waals surface area contributed by atoms with E-state index in [1.807, 2.05) is 0 Å². The van der Waals surface area contributed by atoms with Crippen molar-refractivity contribution in [1.82, 2.24) is 8.80 Å². The summed E-state index contributed by atoms with van der Waals surface area (Å²) in [5, 5.41) is 9.83. The van der Waals surface area contributed by atoms with Crippen LogP contribution in [0.1, 0.15) is 44.4 Å². The lowest BCUT2D eigenvalue weighted by Crippen LogP contribution is -2.41. The number of hydrogen-bond acceptors (Lipinski definition) is 0. The standard InChI is InChI=1S/C38H38N2Si/c1-23-21-39-32-15-11-9-13-26(32)29-18-24(17-28(23)35(29)39)37(2,3)38(4,5)25-19-30-27-14-10-12-16-33(27)40-22-34(41(6,7)8)31(20-25)36(30)40/h9-22H,1-8H3. The second-order valence-electron chi connectivity index (χ2n) is 14.5. The molecule has 0 fully saturated rings. The second kappa shape index (κ2) is 7.71. The Labute approximate surface area is 242 Å². The highest BCUT2D eigenvalue weighted by Crippen LogP contribution is 2.48. The molecule has 0 aliphatic heterocycles. The SMILES string of the molecule is Cc1cn2c3ccccc3c3cc(C(C)(C)C(C)(C)c4cc5c([Si](C)(C)C)cn6c7ccccc7c(c4)c56)cc1c32. The molecule has 0 N–H and O–H groups in total. The Bertz CT molecular complexity index is 2300. The van der Waals surface area contributed by atoms with Gasteiger partial charge in [-0.3, -0.25) is 0 Å². The average molecular weight is 551 g/mol. The fraction of sp³-hybridized carbons (Fsp3) is 0.263. The average Bonchev–Trinajstić information content (AvgIpc) is 3.67. The molecule has 8 aromatic rings. The minimum Gasteiger partial charge on any atom is -0.315 e. The van der Waals surface area contributed by atoms with Gasteiger partial charge in [-0.05, 0) is 76.0 Å². The third-order valence-electron chi connectivity index (χ3n) is 10.7. The fourth-order valence-corrected chi connectivity index (χ4v) is 9.05. The maximum Gasteiger partial charge on any atom is 0.0804 e. The van der Waals surface area contributed by atoms with E-state index in [0.717, 1.165) is 0 Å². The lowest BCUT2D eigenvalue weighted by atomic mass is 9.60. The monoisotopic (exact) mass is 550 g/mol. The smallest absolute Gasteiger partial charge is 0.0804 e. The number of rotatable bonds is 4. The molecule has 0 bridgehead atoms. The molecule has 4 aromatic carbocycles. The van der Waals surface area contributed by atoms with Crippen molar-refractivity contribution < 1.29 is 0 Å². The molecule has 0 aliphatic carbocycles. The molecule has 0 saturated heterocycles. The zero-order valence-electron chi connectivity index (χ0n) is 25.5. The molecule has 4 aromatic heterocycles. The van der Waals surface area contributed by atoms with E-state index >= 15 is 0 Å². The first kappa shape index (κ1) is 24.9. The normalized spacial score (nSPS) is 13.9. The van der Waals surface area contributed by atoms with Crippen LogP contribution in [0.2, 0.25) is 19.6 Å². The zero-order valence-corrected chi connectivity index (χ0v) is 26.5. The van der Waals surface area contributed by atoms with Gasteiger partial charge in [-0.25, -0.2) is 0 Å². The van der Waals surface area contributed by atoms with Crippen LogP contribution in [0.4, 0.5) is 0 Å². The zero-order chi connectivity index (χ0) is 28.6. The summed E-state index contributed by atoms with van der Waals surface area (Å²) in [6.45, 7) is 19.5. The summed E-state index contributed by atoms with van der Waals surface area (Å²) in [7, 11) is -1.57. The highest BCUT2D eigenvalue weighted by molar-refractivity contribution is 6.90. The Morgan fingerprint density at radius 3 is 1.51 bits per heavy atom. The number of benzene rings is 4. The fourth-order valence-electron chi connectivity index (χ4n) is 7.54. The van der Waals surface area contributed by atoms with Crippen molar-refractivity contribution in [2.75, 3.05) is 0 Å². The quantitative estimate of drug-likeness (QED) is 0.193. The first-order chi connectivity index (χ1) is 19.4. The molecular formula is C38H38N2Si. The highest BCUT2D eigenvalue weighted by Gasteiger charge is 2.41. The lowest BCUT2D eigenvalue weighted by Gasteiger charge is -2.43. The van der Waals surface area contributed by atoms with Gasteiger partial charge in [0.05, 0.1) is 30.1 Å². The predicted octanol–water partition coefficient (Wildman–Crippen LogP) is 9.79. The van der Waals surface area contributed by atoms with E-state index in [4.69, 9.17) is 0 Å². The van der Waals surface area contributed by atoms with E-state index in [1.54, 1.807) is 5.19 Å². The van der Waals surface area contributed by atoms with Crippen LogP contribution in [-0.4, -0.2) is 16.9 Å². The summed E-state index contributed by atoms with van der Waals surface area (Å²) in [6.07, 6.45) is 4.77. The van der Waals surface area contributed by atoms with Gasteiger partial charge in [0.1, 0.15) is 0 Å². The van der Waals surface area contributed by atoms with Gasteiger partial charge in [0.2, 0.25) is 0 Å². The number of fused-ring (bicyclic) bond motifs is 6. The summed E-state index contributed by atoms with van der Waals surface area (Å²) in [5.41, 5.74) is 9.29. The topological polar surface area (TPSA) is 8.82 Å². The summed E-state index contributed by atoms with van der Waals surface area (Å²) < 4.78 is 4.86. The highest BCUT2D eigenvalue weighted by atomic mass is 28.3. The van der Waals surface area contributed by atoms with E-state index in [2.05, 4.69) is 148 Å². The van der Waals surface area contributed by atoms with E-state index in [-0.39, 0.29) is 10.8 Å². The largest absolute Gasteiger partial charge is 0.315 e. The minimum absolute atomic E-state index is 0.121. The van der Waals surface area contributed by atoms with E-state index in [1.165, 1.54) is 71.1 Å². The summed E-state index contributed by atoms with van der Waals surface area (Å²) >= 11 is 0. The molecule has 2 nitrogen and oxygen atoms in total. The molecule has 0 spiro atoms. The molecule has 204 valence electrons. The van der Waals surface area contributed by atoms with Crippen LogP contribution in [0.25, 0.3) is 54.4 Å². The van der Waals surface area contributed by atoms with Crippen molar-refractivity contribution in [3.63, 3.8) is 0 Å². The number of nitrogens with zero attached hydrogens (tertiary/aromatic N) is 2. The van der Waals surface area contributed by atoms with Crippen molar-refractivity contribution in [3.8, 4) is 0 Å². The summed E-state index contributed by atoms with van der Waals surface area (Å²) in [6, 6.07) is 27.8. The van der Waals surface area contributed by atoms with E-state index in [0.29, 0.717) is 0 Å². The van der Waals surface area contributed by atoms with Crippen molar-refractivity contribution in [2.45, 2.75) is 65.1 Å². The molecule has 3 heteroatoms. The molecule has 0 saturated carbocycles. The summed E-state index contributed by atoms with van der Waals surface area (Å²) in [5.74, 6) is 0. The van der Waals surface area contributed by atoms with Crippen LogP contribution in [0.3, 0.4) is 0 Å². The molecule has 8 rings (SSSR count). The van der Waals surface area contributed by atoms with Crippen molar-refractivity contribution in [1.29, 1.82) is 0 Å². The van der Waals surface area contributed by atoms with Crippen LogP contribution >= 0.6 is 0 Å². The van der Waals surface area contributed by atoms with Crippen LogP contribution in [-0.2, 0) is 10.8 Å². The van der Waals surface area contributed by atoms with Gasteiger partial charge in [-0.15, -0.1) is 0 Å². The minimum atomic E-state index is -1.57. The molecule has 41 heavy (non-hydrogen) atoms. The van der Waals surface area contributed by atoms with Gasteiger partial charge in [-0.2, -0.15) is 0 Å². The lowest BCUT2D eigenvalue weighted by molar-refractivity contribution is 0.304. The molecule has 0 radical (unpaired) electrons. The van der Waals surface area contributed by atoms with E-state index < -0.39 is 8.07 Å². The number of aryl methyl sites for hydroxylation is 1. The number of hydrogen-bond donors (Lipinski definition) is 0. The Morgan fingerprint density at radius 2 is 0.976 bits per heavy atom. The Balaban J connectivity index is 1.40. The molecule has 4 heterocycles. The van der Waals surface area contributed by atoms with Gasteiger partial charge in [0, 0.05) is 44.7 Å². The van der Waals surface area contributed by atoms with Crippen LogP contribution in [0.15, 0.2) is 85.2 Å². The van der Waals surface area contributed by atoms with Gasteiger partial charge in [0.15, 0.2) is 0 Å². The molecule has 0 unspecified atom stereocenters. The van der Waals surface area contributed by atoms with Crippen LogP contribution in [0.5, 0.6) is 0 Å². The molecule has 0 aliphatic rings. The first-order valence-electron chi connectivity index (χ1n) is 15.0. The maximum atomic E-state index is 2.55. The number of para-hydroxylation sites is 2. The van der Waals surface area contributed by atoms with Gasteiger partial charge in [0.25, 0.3) is 0 Å². The first-order valence-corrected chi connectivity index (χ1v) is 18.5. The molecule has 0 amide bonds. The summed E-state index contributed by atoms with van der Waals surface area (Å²) in [4.78, 5) is 0. The van der Waals surface area contributed by atoms with Gasteiger partial charge >= 0.3 is 0 Å². The van der Waals surface area contributed by atoms with Crippen LogP contribution < -0.4 is 5.19 Å². The third kappa shape index (κ3) is 3.08. The Morgan fingerprint density at radius 1 is 0.537 bits per heavy atom. The van der Waals surface area contributed by atoms with Crippen molar-refractivity contribution in [3.05, 3.63) is 102 Å². The second-order valence-corrected chi connectivity index (χ2v) is 19.5. The van der Waals surface area contributed by atoms with Gasteiger partial charge in [-0.1, -0.05) is 83.7 Å². The van der Waals surface area contributed by atoms with Crippen molar-refractivity contribution in [2.24, 2.45) is 0 Å². The van der Waals surface area contributed by atoms with Crippen molar-refractivity contribution >= 4 is 67.6 Å².